The second-order valence-corrected chi connectivity index (χ2v) is 5.66. The lowest BCUT2D eigenvalue weighted by molar-refractivity contribution is 0.0537. The molecule has 1 aromatic rings. The largest absolute Gasteiger partial charge is 0.381 e. The van der Waals surface area contributed by atoms with Gasteiger partial charge >= 0.3 is 0 Å². The first-order valence-corrected chi connectivity index (χ1v) is 7.21. The molecule has 0 bridgehead atoms. The van der Waals surface area contributed by atoms with E-state index in [9.17, 15) is 9.18 Å². The van der Waals surface area contributed by atoms with E-state index in [1.54, 1.807) is 12.1 Å². The summed E-state index contributed by atoms with van der Waals surface area (Å²) in [5.74, 6) is -0.488. The molecule has 0 aromatic heterocycles. The summed E-state index contributed by atoms with van der Waals surface area (Å²) in [4.78, 5) is 12.1. The second-order valence-electron chi connectivity index (χ2n) is 4.81. The van der Waals surface area contributed by atoms with Crippen molar-refractivity contribution < 1.29 is 13.9 Å². The number of amides is 1. The van der Waals surface area contributed by atoms with Crippen molar-refractivity contribution in [3.63, 3.8) is 0 Å². The molecule has 1 amide bonds. The van der Waals surface area contributed by atoms with Gasteiger partial charge < -0.3 is 10.1 Å². The van der Waals surface area contributed by atoms with Gasteiger partial charge in [-0.1, -0.05) is 6.07 Å². The Morgan fingerprint density at radius 3 is 2.79 bits per heavy atom. The van der Waals surface area contributed by atoms with Crippen LogP contribution >= 0.6 is 15.9 Å². The zero-order valence-electron chi connectivity index (χ0n) is 10.8. The van der Waals surface area contributed by atoms with E-state index in [0.29, 0.717) is 10.4 Å². The minimum atomic E-state index is -0.508. The zero-order valence-corrected chi connectivity index (χ0v) is 12.4. The molecule has 104 valence electrons. The van der Waals surface area contributed by atoms with Crippen LogP contribution in [0.2, 0.25) is 0 Å². The third-order valence-corrected chi connectivity index (χ3v) is 4.18. The molecule has 1 N–H and O–H groups in total. The average molecular weight is 330 g/mol. The Morgan fingerprint density at radius 1 is 1.47 bits per heavy atom. The molecule has 5 heteroatoms. The van der Waals surface area contributed by atoms with Crippen LogP contribution in [0.5, 0.6) is 0 Å². The van der Waals surface area contributed by atoms with Gasteiger partial charge in [0.2, 0.25) is 0 Å². The number of carbonyl (C=O) groups excluding carboxylic acids is 1. The van der Waals surface area contributed by atoms with Crippen LogP contribution in [0, 0.1) is 11.7 Å². The van der Waals surface area contributed by atoms with E-state index in [2.05, 4.69) is 21.2 Å². The van der Waals surface area contributed by atoms with Crippen LogP contribution in [-0.4, -0.2) is 25.2 Å². The number of nitrogens with one attached hydrogen (secondary N) is 1. The van der Waals surface area contributed by atoms with Crippen molar-refractivity contribution >= 4 is 21.8 Å². The van der Waals surface area contributed by atoms with Crippen LogP contribution in [0.3, 0.4) is 0 Å². The maximum atomic E-state index is 13.7. The predicted octanol–water partition coefficient (Wildman–Crippen LogP) is 3.13. The molecule has 1 fully saturated rings. The SMILES string of the molecule is CC(NC(=O)c1c(F)cccc1Br)C1CCOCC1. The molecular weight excluding hydrogens is 313 g/mol. The molecule has 0 saturated carbocycles. The Hall–Kier alpha value is -0.940. The quantitative estimate of drug-likeness (QED) is 0.925. The first kappa shape index (κ1) is 14.5. The maximum absolute atomic E-state index is 13.7. The molecule has 1 aliphatic rings. The zero-order chi connectivity index (χ0) is 13.8. The van der Waals surface area contributed by atoms with Crippen LogP contribution in [0.25, 0.3) is 0 Å². The molecule has 1 heterocycles. The van der Waals surface area contributed by atoms with Gasteiger partial charge in [-0.2, -0.15) is 0 Å². The van der Waals surface area contributed by atoms with Gasteiger partial charge in [0.1, 0.15) is 5.82 Å². The Kier molecular flexibility index (Phi) is 4.93. The Labute approximate surface area is 120 Å². The summed E-state index contributed by atoms with van der Waals surface area (Å²) in [6.45, 7) is 3.42. The fraction of sp³-hybridized carbons (Fsp3) is 0.500. The summed E-state index contributed by atoms with van der Waals surface area (Å²) in [5.41, 5.74) is 0.0707. The van der Waals surface area contributed by atoms with Gasteiger partial charge in [-0.25, -0.2) is 4.39 Å². The Balaban J connectivity index is 2.04. The van der Waals surface area contributed by atoms with Crippen molar-refractivity contribution in [2.24, 2.45) is 5.92 Å². The lowest BCUT2D eigenvalue weighted by Gasteiger charge is -2.28. The van der Waals surface area contributed by atoms with Gasteiger partial charge in [-0.3, -0.25) is 4.79 Å². The number of hydrogen-bond donors (Lipinski definition) is 1. The summed E-state index contributed by atoms with van der Waals surface area (Å²) in [6, 6.07) is 4.54. The lowest BCUT2D eigenvalue weighted by atomic mass is 9.93. The summed E-state index contributed by atoms with van der Waals surface area (Å²) < 4.78 is 19.5. The fourth-order valence-electron chi connectivity index (χ4n) is 2.33. The van der Waals surface area contributed by atoms with E-state index >= 15 is 0 Å². The Bertz CT molecular complexity index is 441. The van der Waals surface area contributed by atoms with Gasteiger partial charge in [-0.15, -0.1) is 0 Å². The van der Waals surface area contributed by atoms with E-state index in [4.69, 9.17) is 4.74 Å². The molecule has 0 aliphatic carbocycles. The number of carbonyl (C=O) groups is 1. The highest BCUT2D eigenvalue weighted by Crippen LogP contribution is 2.22. The van der Waals surface area contributed by atoms with Crippen molar-refractivity contribution in [3.8, 4) is 0 Å². The Morgan fingerprint density at radius 2 is 2.16 bits per heavy atom. The summed E-state index contributed by atoms with van der Waals surface area (Å²) in [6.07, 6.45) is 1.86. The number of halogens is 2. The molecular formula is C14H17BrFNO2. The number of ether oxygens (including phenoxy) is 1. The highest BCUT2D eigenvalue weighted by molar-refractivity contribution is 9.10. The van der Waals surface area contributed by atoms with Crippen LogP contribution in [0.1, 0.15) is 30.1 Å². The summed E-state index contributed by atoms with van der Waals surface area (Å²) in [5, 5.41) is 2.88. The topological polar surface area (TPSA) is 38.3 Å². The van der Waals surface area contributed by atoms with Crippen LogP contribution < -0.4 is 5.32 Å². The van der Waals surface area contributed by atoms with E-state index in [-0.39, 0.29) is 17.5 Å². The molecule has 1 saturated heterocycles. The van der Waals surface area contributed by atoms with E-state index in [1.165, 1.54) is 6.07 Å². The minimum Gasteiger partial charge on any atom is -0.381 e. The van der Waals surface area contributed by atoms with E-state index in [1.807, 2.05) is 6.92 Å². The first-order chi connectivity index (χ1) is 9.09. The van der Waals surface area contributed by atoms with Gasteiger partial charge in [0, 0.05) is 23.7 Å². The third kappa shape index (κ3) is 3.54. The van der Waals surface area contributed by atoms with Crippen molar-refractivity contribution in [3.05, 3.63) is 34.1 Å². The molecule has 1 aromatic carbocycles. The van der Waals surface area contributed by atoms with Crippen molar-refractivity contribution in [1.29, 1.82) is 0 Å². The molecule has 1 atom stereocenters. The van der Waals surface area contributed by atoms with E-state index in [0.717, 1.165) is 26.1 Å². The maximum Gasteiger partial charge on any atom is 0.255 e. The van der Waals surface area contributed by atoms with Crippen LogP contribution in [0.15, 0.2) is 22.7 Å². The predicted molar refractivity (Wildman–Crippen MR) is 74.6 cm³/mol. The third-order valence-electron chi connectivity index (χ3n) is 3.52. The van der Waals surface area contributed by atoms with Crippen molar-refractivity contribution in [2.75, 3.05) is 13.2 Å². The van der Waals surface area contributed by atoms with Crippen molar-refractivity contribution in [2.45, 2.75) is 25.8 Å². The van der Waals surface area contributed by atoms with E-state index < -0.39 is 5.82 Å². The van der Waals surface area contributed by atoms with Gasteiger partial charge in [0.25, 0.3) is 5.91 Å². The number of benzene rings is 1. The van der Waals surface area contributed by atoms with Crippen LogP contribution in [-0.2, 0) is 4.74 Å². The molecule has 0 spiro atoms. The smallest absolute Gasteiger partial charge is 0.255 e. The van der Waals surface area contributed by atoms with Crippen LogP contribution in [0.4, 0.5) is 4.39 Å². The summed E-state index contributed by atoms with van der Waals surface area (Å²) in [7, 11) is 0. The molecule has 1 unspecified atom stereocenters. The lowest BCUT2D eigenvalue weighted by Crippen LogP contribution is -2.40. The standard InChI is InChI=1S/C14H17BrFNO2/c1-9(10-5-7-19-8-6-10)17-14(18)13-11(15)3-2-4-12(13)16/h2-4,9-10H,5-8H2,1H3,(H,17,18). The molecule has 19 heavy (non-hydrogen) atoms. The average Bonchev–Trinajstić information content (AvgIpc) is 2.39. The molecule has 3 nitrogen and oxygen atoms in total. The minimum absolute atomic E-state index is 0.0166. The molecule has 1 aliphatic heterocycles. The second kappa shape index (κ2) is 6.48. The normalized spacial score (nSPS) is 18.1. The van der Waals surface area contributed by atoms with Gasteiger partial charge in [0.05, 0.1) is 5.56 Å². The van der Waals surface area contributed by atoms with Gasteiger partial charge in [-0.05, 0) is 53.7 Å². The number of rotatable bonds is 3. The summed E-state index contributed by atoms with van der Waals surface area (Å²) >= 11 is 3.21. The highest BCUT2D eigenvalue weighted by Gasteiger charge is 2.24. The van der Waals surface area contributed by atoms with Gasteiger partial charge in [0.15, 0.2) is 0 Å². The number of hydrogen-bond acceptors (Lipinski definition) is 2. The monoisotopic (exact) mass is 329 g/mol. The van der Waals surface area contributed by atoms with Crippen molar-refractivity contribution in [1.82, 2.24) is 5.32 Å². The molecule has 2 rings (SSSR count). The molecule has 0 radical (unpaired) electrons. The highest BCUT2D eigenvalue weighted by atomic mass is 79.9. The fourth-order valence-corrected chi connectivity index (χ4v) is 2.85. The first-order valence-electron chi connectivity index (χ1n) is 6.42.